The van der Waals surface area contributed by atoms with Crippen LogP contribution in [0.25, 0.3) is 0 Å². The summed E-state index contributed by atoms with van der Waals surface area (Å²) in [4.78, 5) is 0. The van der Waals surface area contributed by atoms with E-state index in [0.717, 1.165) is 6.42 Å². The van der Waals surface area contributed by atoms with Gasteiger partial charge in [0.05, 0.1) is 6.61 Å². The number of nitrogens with zero attached hydrogens (tertiary/aromatic N) is 2. The summed E-state index contributed by atoms with van der Waals surface area (Å²) in [5.41, 5.74) is 0. The van der Waals surface area contributed by atoms with Crippen molar-refractivity contribution < 1.29 is 4.74 Å². The van der Waals surface area contributed by atoms with Crippen molar-refractivity contribution in [2.75, 3.05) is 6.61 Å². The third-order valence-corrected chi connectivity index (χ3v) is 1.60. The molecule has 0 amide bonds. The van der Waals surface area contributed by atoms with Crippen LogP contribution in [0.4, 0.5) is 0 Å². The standard InChI is InChI=1S/C7H8Cl2N2O/c1-2-3-12-5-4-6(8)10-11-7(5)9/h4H,2-3H2,1H3. The Bertz CT molecular complexity index is 268. The van der Waals surface area contributed by atoms with Crippen molar-refractivity contribution in [3.05, 3.63) is 16.4 Å². The molecule has 0 fully saturated rings. The first-order valence-corrected chi connectivity index (χ1v) is 4.31. The van der Waals surface area contributed by atoms with Gasteiger partial charge in [-0.3, -0.25) is 0 Å². The van der Waals surface area contributed by atoms with Gasteiger partial charge in [-0.25, -0.2) is 0 Å². The molecule has 0 aliphatic carbocycles. The summed E-state index contributed by atoms with van der Waals surface area (Å²) in [6.45, 7) is 2.60. The summed E-state index contributed by atoms with van der Waals surface area (Å²) < 4.78 is 5.25. The van der Waals surface area contributed by atoms with Crippen molar-refractivity contribution in [2.24, 2.45) is 0 Å². The first kappa shape index (κ1) is 9.55. The van der Waals surface area contributed by atoms with Crippen LogP contribution in [-0.4, -0.2) is 16.8 Å². The van der Waals surface area contributed by atoms with E-state index in [4.69, 9.17) is 27.9 Å². The fraction of sp³-hybridized carbons (Fsp3) is 0.429. The molecule has 0 unspecified atom stereocenters. The van der Waals surface area contributed by atoms with Crippen LogP contribution >= 0.6 is 23.2 Å². The molecule has 0 saturated carbocycles. The summed E-state index contributed by atoms with van der Waals surface area (Å²) >= 11 is 11.3. The second-order valence-corrected chi connectivity index (χ2v) is 2.92. The molecule has 0 aliphatic heterocycles. The average molecular weight is 207 g/mol. The van der Waals surface area contributed by atoms with E-state index in [1.54, 1.807) is 6.07 Å². The fourth-order valence-corrected chi connectivity index (χ4v) is 0.935. The van der Waals surface area contributed by atoms with Crippen molar-refractivity contribution >= 4 is 23.2 Å². The Morgan fingerprint density at radius 3 is 2.83 bits per heavy atom. The lowest BCUT2D eigenvalue weighted by Gasteiger charge is -2.04. The van der Waals surface area contributed by atoms with Gasteiger partial charge in [0.1, 0.15) is 0 Å². The van der Waals surface area contributed by atoms with Crippen molar-refractivity contribution in [3.8, 4) is 5.75 Å². The molecular formula is C7H8Cl2N2O. The minimum atomic E-state index is 0.243. The minimum absolute atomic E-state index is 0.243. The SMILES string of the molecule is CCCOc1cc(Cl)nnc1Cl. The number of aromatic nitrogens is 2. The lowest BCUT2D eigenvalue weighted by molar-refractivity contribution is 0.315. The molecule has 1 aromatic rings. The lowest BCUT2D eigenvalue weighted by atomic mass is 10.5. The third kappa shape index (κ3) is 2.50. The molecule has 3 nitrogen and oxygen atoms in total. The third-order valence-electron chi connectivity index (χ3n) is 1.15. The normalized spacial score (nSPS) is 9.92. The van der Waals surface area contributed by atoms with E-state index >= 15 is 0 Å². The smallest absolute Gasteiger partial charge is 0.193 e. The van der Waals surface area contributed by atoms with E-state index < -0.39 is 0 Å². The van der Waals surface area contributed by atoms with E-state index in [1.807, 2.05) is 6.92 Å². The first-order valence-electron chi connectivity index (χ1n) is 3.55. The van der Waals surface area contributed by atoms with Crippen LogP contribution in [-0.2, 0) is 0 Å². The highest BCUT2D eigenvalue weighted by molar-refractivity contribution is 6.32. The van der Waals surface area contributed by atoms with Gasteiger partial charge in [-0.15, -0.1) is 10.2 Å². The predicted octanol–water partition coefficient (Wildman–Crippen LogP) is 2.57. The Morgan fingerprint density at radius 2 is 2.17 bits per heavy atom. The van der Waals surface area contributed by atoms with Gasteiger partial charge < -0.3 is 4.74 Å². The Hall–Kier alpha value is -0.540. The average Bonchev–Trinajstić information content (AvgIpc) is 2.07. The van der Waals surface area contributed by atoms with Crippen LogP contribution in [0.15, 0.2) is 6.07 Å². The first-order chi connectivity index (χ1) is 5.74. The molecule has 0 bridgehead atoms. The zero-order valence-electron chi connectivity index (χ0n) is 6.55. The molecule has 1 heterocycles. The van der Waals surface area contributed by atoms with Crippen LogP contribution in [0.5, 0.6) is 5.75 Å². The number of halogens is 2. The molecule has 0 N–H and O–H groups in total. The zero-order valence-corrected chi connectivity index (χ0v) is 8.06. The van der Waals surface area contributed by atoms with Gasteiger partial charge in [-0.2, -0.15) is 0 Å². The van der Waals surface area contributed by atoms with E-state index in [-0.39, 0.29) is 10.3 Å². The van der Waals surface area contributed by atoms with Gasteiger partial charge in [0.15, 0.2) is 16.1 Å². The fourth-order valence-electron chi connectivity index (χ4n) is 0.651. The molecule has 0 aromatic carbocycles. The summed E-state index contributed by atoms with van der Waals surface area (Å²) in [5, 5.41) is 7.67. The van der Waals surface area contributed by atoms with Crippen LogP contribution in [0, 0.1) is 0 Å². The molecule has 12 heavy (non-hydrogen) atoms. The molecule has 0 aliphatic rings. The van der Waals surface area contributed by atoms with Gasteiger partial charge in [-0.1, -0.05) is 30.1 Å². The number of hydrogen-bond acceptors (Lipinski definition) is 3. The highest BCUT2D eigenvalue weighted by Crippen LogP contribution is 2.23. The van der Waals surface area contributed by atoms with Gasteiger partial charge in [0.25, 0.3) is 0 Å². The maximum absolute atomic E-state index is 5.67. The van der Waals surface area contributed by atoms with Crippen LogP contribution in [0.3, 0.4) is 0 Å². The van der Waals surface area contributed by atoms with Gasteiger partial charge in [0.2, 0.25) is 0 Å². The Labute approximate surface area is 80.7 Å². The molecular weight excluding hydrogens is 199 g/mol. The maximum Gasteiger partial charge on any atom is 0.193 e. The largest absolute Gasteiger partial charge is 0.490 e. The van der Waals surface area contributed by atoms with Gasteiger partial charge in [-0.05, 0) is 6.42 Å². The molecule has 0 spiro atoms. The molecule has 1 aromatic heterocycles. The van der Waals surface area contributed by atoms with Gasteiger partial charge >= 0.3 is 0 Å². The Kier molecular flexibility index (Phi) is 3.56. The van der Waals surface area contributed by atoms with Crippen molar-refractivity contribution in [1.29, 1.82) is 0 Å². The van der Waals surface area contributed by atoms with Crippen molar-refractivity contribution in [2.45, 2.75) is 13.3 Å². The molecule has 66 valence electrons. The second kappa shape index (κ2) is 4.48. The van der Waals surface area contributed by atoms with Crippen LogP contribution in [0.1, 0.15) is 13.3 Å². The highest BCUT2D eigenvalue weighted by atomic mass is 35.5. The van der Waals surface area contributed by atoms with Crippen LogP contribution in [0.2, 0.25) is 10.3 Å². The molecule has 5 heteroatoms. The molecule has 0 atom stereocenters. The summed E-state index contributed by atoms with van der Waals surface area (Å²) in [6.07, 6.45) is 0.913. The lowest BCUT2D eigenvalue weighted by Crippen LogP contribution is -1.97. The maximum atomic E-state index is 5.67. The zero-order chi connectivity index (χ0) is 8.97. The molecule has 0 radical (unpaired) electrons. The van der Waals surface area contributed by atoms with E-state index in [2.05, 4.69) is 10.2 Å². The van der Waals surface area contributed by atoms with Gasteiger partial charge in [0, 0.05) is 6.07 Å². The Balaban J connectivity index is 2.75. The topological polar surface area (TPSA) is 35.0 Å². The number of hydrogen-bond donors (Lipinski definition) is 0. The van der Waals surface area contributed by atoms with E-state index in [9.17, 15) is 0 Å². The highest BCUT2D eigenvalue weighted by Gasteiger charge is 2.03. The van der Waals surface area contributed by atoms with E-state index in [1.165, 1.54) is 0 Å². The Morgan fingerprint density at radius 1 is 1.42 bits per heavy atom. The monoisotopic (exact) mass is 206 g/mol. The summed E-state index contributed by atoms with van der Waals surface area (Å²) in [6, 6.07) is 1.55. The minimum Gasteiger partial charge on any atom is -0.490 e. The van der Waals surface area contributed by atoms with Crippen molar-refractivity contribution in [1.82, 2.24) is 10.2 Å². The van der Waals surface area contributed by atoms with Crippen molar-refractivity contribution in [3.63, 3.8) is 0 Å². The second-order valence-electron chi connectivity index (χ2n) is 2.17. The molecule has 1 rings (SSSR count). The van der Waals surface area contributed by atoms with Crippen LogP contribution < -0.4 is 4.74 Å². The predicted molar refractivity (Wildman–Crippen MR) is 47.8 cm³/mol. The number of rotatable bonds is 3. The molecule has 0 saturated heterocycles. The van der Waals surface area contributed by atoms with E-state index in [0.29, 0.717) is 12.4 Å². The quantitative estimate of drug-likeness (QED) is 0.763. The summed E-state index contributed by atoms with van der Waals surface area (Å²) in [7, 11) is 0. The number of ether oxygens (including phenoxy) is 1. The summed E-state index contributed by atoms with van der Waals surface area (Å²) in [5.74, 6) is 0.485.